The van der Waals surface area contributed by atoms with Crippen LogP contribution in [0.15, 0.2) is 73.1 Å². The number of rotatable bonds is 6. The van der Waals surface area contributed by atoms with Crippen LogP contribution in [0.25, 0.3) is 0 Å². The van der Waals surface area contributed by atoms with Gasteiger partial charge in [0.05, 0.1) is 24.0 Å². The van der Waals surface area contributed by atoms with Gasteiger partial charge in [-0.05, 0) is 24.1 Å². The van der Waals surface area contributed by atoms with E-state index in [1.165, 1.54) is 0 Å². The highest BCUT2D eigenvalue weighted by atomic mass is 16.5. The minimum atomic E-state index is -0.207. The van der Waals surface area contributed by atoms with Crippen molar-refractivity contribution in [1.82, 2.24) is 9.97 Å². The summed E-state index contributed by atoms with van der Waals surface area (Å²) in [4.78, 5) is 20.8. The van der Waals surface area contributed by atoms with Gasteiger partial charge >= 0.3 is 6.01 Å². The summed E-state index contributed by atoms with van der Waals surface area (Å²) in [6, 6.07) is 19.3. The minimum Gasteiger partial charge on any atom is -0.424 e. The van der Waals surface area contributed by atoms with Crippen molar-refractivity contribution in [2.45, 2.75) is 19.3 Å². The lowest BCUT2D eigenvalue weighted by Gasteiger charge is -2.15. The van der Waals surface area contributed by atoms with Gasteiger partial charge in [0.15, 0.2) is 0 Å². The molecule has 1 N–H and O–H groups in total. The molecule has 0 spiro atoms. The van der Waals surface area contributed by atoms with Crippen molar-refractivity contribution in [3.63, 3.8) is 0 Å². The Morgan fingerprint density at radius 1 is 1.00 bits per heavy atom. The standard InChI is InChI=1S/C20H19N3O2/c1-2-18(15-9-5-3-6-10-15)19(24)23-16-13-21-20(22-14-16)25-17-11-7-4-8-12-17/h3-14,18H,2H2,1H3,(H,23,24). The van der Waals surface area contributed by atoms with Crippen LogP contribution in [0.2, 0.25) is 0 Å². The second-order valence-electron chi connectivity index (χ2n) is 5.53. The molecule has 5 nitrogen and oxygen atoms in total. The highest BCUT2D eigenvalue weighted by Crippen LogP contribution is 2.22. The normalized spacial score (nSPS) is 11.6. The molecule has 1 aromatic heterocycles. The number of carbonyl (C=O) groups is 1. The Bertz CT molecular complexity index is 805. The van der Waals surface area contributed by atoms with Crippen molar-refractivity contribution in [3.8, 4) is 11.8 Å². The quantitative estimate of drug-likeness (QED) is 0.726. The van der Waals surface area contributed by atoms with Crippen molar-refractivity contribution in [3.05, 3.63) is 78.6 Å². The molecule has 1 heterocycles. The fourth-order valence-electron chi connectivity index (χ4n) is 2.51. The summed E-state index contributed by atoms with van der Waals surface area (Å²) in [6.45, 7) is 1.99. The number of hydrogen-bond donors (Lipinski definition) is 1. The number of benzene rings is 2. The molecule has 0 aliphatic heterocycles. The number of ether oxygens (including phenoxy) is 1. The zero-order valence-corrected chi connectivity index (χ0v) is 13.9. The van der Waals surface area contributed by atoms with Crippen LogP contribution in [-0.2, 0) is 4.79 Å². The summed E-state index contributed by atoms with van der Waals surface area (Å²) in [5, 5.41) is 2.86. The molecule has 3 aromatic rings. The first-order valence-corrected chi connectivity index (χ1v) is 8.17. The molecule has 0 saturated carbocycles. The third-order valence-corrected chi connectivity index (χ3v) is 3.77. The van der Waals surface area contributed by atoms with Gasteiger partial charge in [0.2, 0.25) is 5.91 Å². The van der Waals surface area contributed by atoms with E-state index in [-0.39, 0.29) is 17.8 Å². The lowest BCUT2D eigenvalue weighted by atomic mass is 9.95. The van der Waals surface area contributed by atoms with Gasteiger partial charge in [0.1, 0.15) is 5.75 Å². The van der Waals surface area contributed by atoms with Crippen molar-refractivity contribution in [1.29, 1.82) is 0 Å². The van der Waals surface area contributed by atoms with E-state index in [0.717, 1.165) is 5.56 Å². The fraction of sp³-hybridized carbons (Fsp3) is 0.150. The van der Waals surface area contributed by atoms with Gasteiger partial charge in [-0.25, -0.2) is 9.97 Å². The summed E-state index contributed by atoms with van der Waals surface area (Å²) < 4.78 is 5.54. The molecule has 0 saturated heterocycles. The van der Waals surface area contributed by atoms with Crippen molar-refractivity contribution in [2.24, 2.45) is 0 Å². The summed E-state index contributed by atoms with van der Waals surface area (Å²) in [6.07, 6.45) is 3.80. The molecule has 0 aliphatic rings. The molecule has 1 amide bonds. The number of anilines is 1. The number of aromatic nitrogens is 2. The molecule has 0 aliphatic carbocycles. The summed E-state index contributed by atoms with van der Waals surface area (Å²) in [5.41, 5.74) is 1.53. The van der Waals surface area contributed by atoms with E-state index in [1.807, 2.05) is 67.6 Å². The highest BCUT2D eigenvalue weighted by molar-refractivity contribution is 5.95. The predicted octanol–water partition coefficient (Wildman–Crippen LogP) is 4.40. The van der Waals surface area contributed by atoms with Gasteiger partial charge in [-0.1, -0.05) is 55.5 Å². The zero-order valence-electron chi connectivity index (χ0n) is 13.9. The zero-order chi connectivity index (χ0) is 17.5. The smallest absolute Gasteiger partial charge is 0.322 e. The van der Waals surface area contributed by atoms with E-state index in [9.17, 15) is 4.79 Å². The number of amides is 1. The Balaban J connectivity index is 1.65. The average Bonchev–Trinajstić information content (AvgIpc) is 2.66. The van der Waals surface area contributed by atoms with Gasteiger partial charge in [-0.2, -0.15) is 0 Å². The third kappa shape index (κ3) is 4.41. The van der Waals surface area contributed by atoms with Crippen molar-refractivity contribution >= 4 is 11.6 Å². The number of para-hydroxylation sites is 1. The first-order chi connectivity index (χ1) is 12.3. The van der Waals surface area contributed by atoms with Crippen LogP contribution in [0.3, 0.4) is 0 Å². The molecule has 1 atom stereocenters. The monoisotopic (exact) mass is 333 g/mol. The van der Waals surface area contributed by atoms with E-state index in [0.29, 0.717) is 17.9 Å². The Labute approximate surface area is 146 Å². The number of nitrogens with zero attached hydrogens (tertiary/aromatic N) is 2. The van der Waals surface area contributed by atoms with Crippen LogP contribution in [-0.4, -0.2) is 15.9 Å². The van der Waals surface area contributed by atoms with Gasteiger partial charge in [-0.15, -0.1) is 0 Å². The molecule has 25 heavy (non-hydrogen) atoms. The maximum atomic E-state index is 12.5. The molecular weight excluding hydrogens is 314 g/mol. The van der Waals surface area contributed by atoms with E-state index in [2.05, 4.69) is 15.3 Å². The van der Waals surface area contributed by atoms with Crippen LogP contribution in [0.4, 0.5) is 5.69 Å². The van der Waals surface area contributed by atoms with Crippen LogP contribution in [0, 0.1) is 0 Å². The minimum absolute atomic E-state index is 0.0750. The third-order valence-electron chi connectivity index (χ3n) is 3.77. The number of nitrogens with one attached hydrogen (secondary N) is 1. The van der Waals surface area contributed by atoms with Crippen LogP contribution in [0.5, 0.6) is 11.8 Å². The van der Waals surface area contributed by atoms with E-state index in [4.69, 9.17) is 4.74 Å². The predicted molar refractivity (Wildman–Crippen MR) is 96.7 cm³/mol. The maximum Gasteiger partial charge on any atom is 0.322 e. The SMILES string of the molecule is CCC(C(=O)Nc1cnc(Oc2ccccc2)nc1)c1ccccc1. The molecular formula is C20H19N3O2. The summed E-state index contributed by atoms with van der Waals surface area (Å²) >= 11 is 0. The van der Waals surface area contributed by atoms with Crippen molar-refractivity contribution in [2.75, 3.05) is 5.32 Å². The average molecular weight is 333 g/mol. The molecule has 1 unspecified atom stereocenters. The van der Waals surface area contributed by atoms with Crippen molar-refractivity contribution < 1.29 is 9.53 Å². The van der Waals surface area contributed by atoms with Gasteiger partial charge in [0.25, 0.3) is 0 Å². The Morgan fingerprint density at radius 2 is 1.60 bits per heavy atom. The van der Waals surface area contributed by atoms with Crippen LogP contribution < -0.4 is 10.1 Å². The van der Waals surface area contributed by atoms with Crippen LogP contribution >= 0.6 is 0 Å². The highest BCUT2D eigenvalue weighted by Gasteiger charge is 2.18. The molecule has 0 fully saturated rings. The summed E-state index contributed by atoms with van der Waals surface area (Å²) in [5.74, 6) is 0.380. The second-order valence-corrected chi connectivity index (χ2v) is 5.53. The first kappa shape index (κ1) is 16.6. The lowest BCUT2D eigenvalue weighted by Crippen LogP contribution is -2.20. The second kappa shape index (κ2) is 8.06. The summed E-state index contributed by atoms with van der Waals surface area (Å²) in [7, 11) is 0. The largest absolute Gasteiger partial charge is 0.424 e. The van der Waals surface area contributed by atoms with E-state index < -0.39 is 0 Å². The maximum absolute atomic E-state index is 12.5. The van der Waals surface area contributed by atoms with E-state index in [1.54, 1.807) is 12.4 Å². The molecule has 0 bridgehead atoms. The molecule has 0 radical (unpaired) electrons. The number of carbonyl (C=O) groups excluding carboxylic acids is 1. The Hall–Kier alpha value is -3.21. The Kier molecular flexibility index (Phi) is 5.36. The first-order valence-electron chi connectivity index (χ1n) is 8.17. The lowest BCUT2D eigenvalue weighted by molar-refractivity contribution is -0.117. The number of hydrogen-bond acceptors (Lipinski definition) is 4. The fourth-order valence-corrected chi connectivity index (χ4v) is 2.51. The van der Waals surface area contributed by atoms with Gasteiger partial charge in [-0.3, -0.25) is 4.79 Å². The van der Waals surface area contributed by atoms with Crippen LogP contribution in [0.1, 0.15) is 24.8 Å². The molecule has 5 heteroatoms. The van der Waals surface area contributed by atoms with E-state index >= 15 is 0 Å². The molecule has 126 valence electrons. The van der Waals surface area contributed by atoms with Gasteiger partial charge in [0, 0.05) is 0 Å². The molecule has 3 rings (SSSR count). The Morgan fingerprint density at radius 3 is 2.20 bits per heavy atom. The molecule has 2 aromatic carbocycles. The van der Waals surface area contributed by atoms with Gasteiger partial charge < -0.3 is 10.1 Å². The topological polar surface area (TPSA) is 64.1 Å².